The number of nitrogens with one attached hydrogen (secondary N) is 1. The van der Waals surface area contributed by atoms with Crippen molar-refractivity contribution in [1.29, 1.82) is 0 Å². The van der Waals surface area contributed by atoms with Crippen LogP contribution in [0.1, 0.15) is 11.1 Å². The highest BCUT2D eigenvalue weighted by molar-refractivity contribution is 7.78. The van der Waals surface area contributed by atoms with Gasteiger partial charge in [-0.05, 0) is 30.2 Å². The standard InChI is InChI=1S/C8H9Cl2NS/c1-5-2-6(9)3-8(10)7(5)4-11-12/h2-3,11-12H,4H2,1H3. The molecule has 1 rings (SSSR count). The SMILES string of the molecule is Cc1cc(Cl)cc(Cl)c1CNS. The average Bonchev–Trinajstić information content (AvgIpc) is 1.96. The molecule has 0 atom stereocenters. The van der Waals surface area contributed by atoms with E-state index in [1.54, 1.807) is 6.07 Å². The fraction of sp³-hybridized carbons (Fsp3) is 0.250. The minimum atomic E-state index is 0.644. The highest BCUT2D eigenvalue weighted by Crippen LogP contribution is 2.24. The van der Waals surface area contributed by atoms with Gasteiger partial charge in [0.05, 0.1) is 0 Å². The lowest BCUT2D eigenvalue weighted by Gasteiger charge is -2.07. The zero-order valence-corrected chi connectivity index (χ0v) is 8.97. The molecule has 0 saturated heterocycles. The topological polar surface area (TPSA) is 12.0 Å². The van der Waals surface area contributed by atoms with Crippen LogP contribution in [-0.4, -0.2) is 0 Å². The molecule has 1 nitrogen and oxygen atoms in total. The van der Waals surface area contributed by atoms with E-state index in [9.17, 15) is 0 Å². The third kappa shape index (κ3) is 2.30. The van der Waals surface area contributed by atoms with Crippen molar-refractivity contribution in [3.8, 4) is 0 Å². The summed E-state index contributed by atoms with van der Waals surface area (Å²) in [4.78, 5) is 0. The summed E-state index contributed by atoms with van der Waals surface area (Å²) in [6.45, 7) is 2.61. The second-order valence-corrected chi connectivity index (χ2v) is 3.68. The molecule has 1 N–H and O–H groups in total. The summed E-state index contributed by atoms with van der Waals surface area (Å²) >= 11 is 15.7. The van der Waals surface area contributed by atoms with Crippen LogP contribution in [0.4, 0.5) is 0 Å². The van der Waals surface area contributed by atoms with E-state index in [1.807, 2.05) is 13.0 Å². The Morgan fingerprint density at radius 2 is 2.08 bits per heavy atom. The Balaban J connectivity index is 3.10. The Morgan fingerprint density at radius 1 is 1.42 bits per heavy atom. The summed E-state index contributed by atoms with van der Waals surface area (Å²) in [5.41, 5.74) is 2.12. The molecule has 0 unspecified atom stereocenters. The van der Waals surface area contributed by atoms with E-state index in [0.29, 0.717) is 16.6 Å². The Kier molecular flexibility index (Phi) is 3.72. The van der Waals surface area contributed by atoms with Gasteiger partial charge in [0.25, 0.3) is 0 Å². The Labute approximate surface area is 87.6 Å². The smallest absolute Gasteiger partial charge is 0.0468 e. The number of thiol groups is 1. The largest absolute Gasteiger partial charge is 0.262 e. The van der Waals surface area contributed by atoms with E-state index in [1.165, 1.54) is 0 Å². The van der Waals surface area contributed by atoms with Crippen molar-refractivity contribution < 1.29 is 0 Å². The number of hydrogen-bond donors (Lipinski definition) is 2. The minimum Gasteiger partial charge on any atom is -0.262 e. The van der Waals surface area contributed by atoms with Gasteiger partial charge in [-0.1, -0.05) is 36.0 Å². The van der Waals surface area contributed by atoms with Gasteiger partial charge in [-0.3, -0.25) is 4.72 Å². The molecule has 0 aliphatic heterocycles. The van der Waals surface area contributed by atoms with Crippen LogP contribution >= 0.6 is 36.0 Å². The molecule has 0 aliphatic rings. The van der Waals surface area contributed by atoms with Crippen molar-refractivity contribution in [2.75, 3.05) is 0 Å². The van der Waals surface area contributed by atoms with E-state index in [-0.39, 0.29) is 0 Å². The van der Waals surface area contributed by atoms with Gasteiger partial charge < -0.3 is 0 Å². The van der Waals surface area contributed by atoms with Crippen molar-refractivity contribution >= 4 is 36.0 Å². The number of benzene rings is 1. The molecule has 66 valence electrons. The highest BCUT2D eigenvalue weighted by Gasteiger charge is 2.04. The zero-order chi connectivity index (χ0) is 9.14. The third-order valence-corrected chi connectivity index (χ3v) is 2.35. The number of hydrogen-bond acceptors (Lipinski definition) is 2. The molecular formula is C8H9Cl2NS. The third-order valence-electron chi connectivity index (χ3n) is 1.64. The monoisotopic (exact) mass is 221 g/mol. The molecule has 0 heterocycles. The molecule has 0 aromatic heterocycles. The fourth-order valence-electron chi connectivity index (χ4n) is 1.04. The first-order valence-electron chi connectivity index (χ1n) is 3.46. The van der Waals surface area contributed by atoms with Gasteiger partial charge >= 0.3 is 0 Å². The molecular weight excluding hydrogens is 213 g/mol. The molecule has 0 saturated carbocycles. The molecule has 0 bridgehead atoms. The highest BCUT2D eigenvalue weighted by atomic mass is 35.5. The summed E-state index contributed by atoms with van der Waals surface area (Å²) in [6, 6.07) is 3.62. The van der Waals surface area contributed by atoms with Crippen LogP contribution in [0.15, 0.2) is 12.1 Å². The van der Waals surface area contributed by atoms with Gasteiger partial charge in [-0.25, -0.2) is 0 Å². The summed E-state index contributed by atoms with van der Waals surface area (Å²) in [6.07, 6.45) is 0. The van der Waals surface area contributed by atoms with Gasteiger partial charge in [0, 0.05) is 16.6 Å². The van der Waals surface area contributed by atoms with Crippen LogP contribution < -0.4 is 4.72 Å². The minimum absolute atomic E-state index is 0.644. The summed E-state index contributed by atoms with van der Waals surface area (Å²) in [5, 5.41) is 1.35. The average molecular weight is 222 g/mol. The van der Waals surface area contributed by atoms with E-state index >= 15 is 0 Å². The lowest BCUT2D eigenvalue weighted by molar-refractivity contribution is 0.971. The number of halogens is 2. The van der Waals surface area contributed by atoms with Crippen molar-refractivity contribution in [1.82, 2.24) is 4.72 Å². The van der Waals surface area contributed by atoms with Crippen molar-refractivity contribution in [2.45, 2.75) is 13.5 Å². The van der Waals surface area contributed by atoms with E-state index in [2.05, 4.69) is 17.5 Å². The van der Waals surface area contributed by atoms with Crippen LogP contribution in [-0.2, 0) is 6.54 Å². The first-order chi connectivity index (χ1) is 5.65. The van der Waals surface area contributed by atoms with Gasteiger partial charge in [0.1, 0.15) is 0 Å². The van der Waals surface area contributed by atoms with Gasteiger partial charge in [-0.2, -0.15) is 0 Å². The predicted molar refractivity (Wildman–Crippen MR) is 57.0 cm³/mol. The normalized spacial score (nSPS) is 10.3. The fourth-order valence-corrected chi connectivity index (χ4v) is 1.86. The maximum Gasteiger partial charge on any atom is 0.0468 e. The first kappa shape index (κ1) is 10.2. The lowest BCUT2D eigenvalue weighted by atomic mass is 10.1. The van der Waals surface area contributed by atoms with Crippen LogP contribution in [0.3, 0.4) is 0 Å². The Morgan fingerprint density at radius 3 is 2.58 bits per heavy atom. The van der Waals surface area contributed by atoms with Crippen LogP contribution in [0, 0.1) is 6.92 Å². The zero-order valence-electron chi connectivity index (χ0n) is 6.56. The quantitative estimate of drug-likeness (QED) is 0.732. The van der Waals surface area contributed by atoms with Gasteiger partial charge in [0.2, 0.25) is 0 Å². The summed E-state index contributed by atoms with van der Waals surface area (Å²) < 4.78 is 2.75. The second kappa shape index (κ2) is 4.38. The van der Waals surface area contributed by atoms with Crippen LogP contribution in [0.2, 0.25) is 10.0 Å². The second-order valence-electron chi connectivity index (χ2n) is 2.52. The predicted octanol–water partition coefficient (Wildman–Crippen LogP) is 3.24. The molecule has 1 aromatic rings. The van der Waals surface area contributed by atoms with Crippen LogP contribution in [0.5, 0.6) is 0 Å². The molecule has 0 fully saturated rings. The van der Waals surface area contributed by atoms with Crippen molar-refractivity contribution in [3.63, 3.8) is 0 Å². The van der Waals surface area contributed by atoms with E-state index in [4.69, 9.17) is 23.2 Å². The summed E-state index contributed by atoms with van der Waals surface area (Å²) in [7, 11) is 0. The Hall–Kier alpha value is 0.110. The maximum atomic E-state index is 5.96. The molecule has 0 radical (unpaired) electrons. The molecule has 1 aromatic carbocycles. The van der Waals surface area contributed by atoms with Gasteiger partial charge in [0.15, 0.2) is 0 Å². The molecule has 0 aliphatic carbocycles. The molecule has 12 heavy (non-hydrogen) atoms. The molecule has 0 amide bonds. The molecule has 0 spiro atoms. The van der Waals surface area contributed by atoms with E-state index < -0.39 is 0 Å². The lowest BCUT2D eigenvalue weighted by Crippen LogP contribution is -2.01. The molecule has 4 heteroatoms. The maximum absolute atomic E-state index is 5.96. The van der Waals surface area contributed by atoms with E-state index in [0.717, 1.165) is 11.1 Å². The number of rotatable bonds is 2. The van der Waals surface area contributed by atoms with Crippen molar-refractivity contribution in [2.24, 2.45) is 0 Å². The van der Waals surface area contributed by atoms with Crippen LogP contribution in [0.25, 0.3) is 0 Å². The van der Waals surface area contributed by atoms with Crippen molar-refractivity contribution in [3.05, 3.63) is 33.3 Å². The first-order valence-corrected chi connectivity index (χ1v) is 4.67. The Bertz CT molecular complexity index is 265. The number of aryl methyl sites for hydroxylation is 1. The van der Waals surface area contributed by atoms with Gasteiger partial charge in [-0.15, -0.1) is 0 Å². The summed E-state index contributed by atoms with van der Waals surface area (Å²) in [5.74, 6) is 0.